The fourth-order valence-corrected chi connectivity index (χ4v) is 0.763. The van der Waals surface area contributed by atoms with Crippen LogP contribution in [-0.4, -0.2) is 15.3 Å². The summed E-state index contributed by atoms with van der Waals surface area (Å²) in [5.74, 6) is -3.80. The molecule has 0 amide bonds. The fourth-order valence-electron chi connectivity index (χ4n) is 0.763. The van der Waals surface area contributed by atoms with E-state index in [9.17, 15) is 8.78 Å². The van der Waals surface area contributed by atoms with Crippen molar-refractivity contribution < 1.29 is 24.1 Å². The van der Waals surface area contributed by atoms with Gasteiger partial charge in [0.2, 0.25) is 5.82 Å². The van der Waals surface area contributed by atoms with Crippen LogP contribution in [-0.2, 0) is 0 Å². The Morgan fingerprint density at radius 2 is 1.75 bits per heavy atom. The highest BCUT2D eigenvalue weighted by Crippen LogP contribution is 2.27. The summed E-state index contributed by atoms with van der Waals surface area (Å²) in [6.07, 6.45) is -2.01. The van der Waals surface area contributed by atoms with E-state index < -0.39 is 29.2 Å². The van der Waals surface area contributed by atoms with E-state index in [0.29, 0.717) is 6.07 Å². The molecule has 0 bridgehead atoms. The third kappa shape index (κ3) is 1.37. The Morgan fingerprint density at radius 3 is 2.25 bits per heavy atom. The Labute approximate surface area is 66.5 Å². The highest BCUT2D eigenvalue weighted by Gasteiger charge is 2.16. The van der Waals surface area contributed by atoms with Gasteiger partial charge in [0.05, 0.1) is 5.56 Å². The molecule has 5 heteroatoms. The molecule has 1 aromatic rings. The van der Waals surface area contributed by atoms with E-state index in [2.05, 4.69) is 0 Å². The molecule has 1 rings (SSSR count). The zero-order valence-electron chi connectivity index (χ0n) is 5.83. The lowest BCUT2D eigenvalue weighted by atomic mass is 10.2. The number of phenols is 1. The number of benzene rings is 1. The minimum absolute atomic E-state index is 0.464. The molecule has 0 aromatic heterocycles. The maximum Gasteiger partial charge on any atom is 0.200 e. The summed E-state index contributed by atoms with van der Waals surface area (Å²) < 4.78 is 24.8. The van der Waals surface area contributed by atoms with Crippen molar-refractivity contribution in [2.75, 3.05) is 0 Å². The molecule has 0 aliphatic heterocycles. The van der Waals surface area contributed by atoms with E-state index in [-0.39, 0.29) is 0 Å². The number of aliphatic hydroxyl groups excluding tert-OH is 1. The van der Waals surface area contributed by atoms with Crippen LogP contribution in [0.3, 0.4) is 0 Å². The van der Waals surface area contributed by atoms with E-state index >= 15 is 0 Å². The van der Waals surface area contributed by atoms with E-state index in [1.165, 1.54) is 0 Å². The summed E-state index contributed by atoms with van der Waals surface area (Å²) in [5, 5.41) is 25.9. The molecule has 66 valence electrons. The molecule has 0 atom stereocenters. The zero-order valence-corrected chi connectivity index (χ0v) is 5.83. The van der Waals surface area contributed by atoms with Crippen molar-refractivity contribution in [3.8, 4) is 5.75 Å². The highest BCUT2D eigenvalue weighted by molar-refractivity contribution is 5.34. The van der Waals surface area contributed by atoms with Gasteiger partial charge in [-0.3, -0.25) is 0 Å². The van der Waals surface area contributed by atoms with Crippen LogP contribution in [0.4, 0.5) is 8.78 Å². The maximum absolute atomic E-state index is 12.5. The van der Waals surface area contributed by atoms with Gasteiger partial charge in [-0.15, -0.1) is 0 Å². The summed E-state index contributed by atoms with van der Waals surface area (Å²) in [4.78, 5) is 0. The van der Waals surface area contributed by atoms with Crippen molar-refractivity contribution in [3.05, 3.63) is 29.3 Å². The van der Waals surface area contributed by atoms with Crippen molar-refractivity contribution in [1.82, 2.24) is 0 Å². The number of aromatic hydroxyl groups is 1. The molecule has 0 saturated carbocycles. The lowest BCUT2D eigenvalue weighted by molar-refractivity contribution is -0.0442. The monoisotopic (exact) mass is 176 g/mol. The van der Waals surface area contributed by atoms with Gasteiger partial charge in [0.1, 0.15) is 0 Å². The summed E-state index contributed by atoms with van der Waals surface area (Å²) in [5.41, 5.74) is -0.464. The van der Waals surface area contributed by atoms with Crippen LogP contribution in [0.5, 0.6) is 5.75 Å². The lowest BCUT2D eigenvalue weighted by Crippen LogP contribution is -1.98. The summed E-state index contributed by atoms with van der Waals surface area (Å²) in [6, 6.07) is 1.59. The van der Waals surface area contributed by atoms with Gasteiger partial charge < -0.3 is 15.3 Å². The number of rotatable bonds is 1. The first-order valence-corrected chi connectivity index (χ1v) is 3.07. The third-order valence-corrected chi connectivity index (χ3v) is 1.38. The smallest absolute Gasteiger partial charge is 0.200 e. The van der Waals surface area contributed by atoms with Gasteiger partial charge in [0, 0.05) is 0 Å². The van der Waals surface area contributed by atoms with Crippen molar-refractivity contribution in [2.45, 2.75) is 6.29 Å². The van der Waals surface area contributed by atoms with Gasteiger partial charge in [-0.1, -0.05) is 0 Å². The van der Waals surface area contributed by atoms with Crippen molar-refractivity contribution in [1.29, 1.82) is 0 Å². The lowest BCUT2D eigenvalue weighted by Gasteiger charge is -2.06. The molecule has 0 fully saturated rings. The SMILES string of the molecule is Oc1c(C(O)O)ccc(F)c1F. The fraction of sp³-hybridized carbons (Fsp3) is 0.143. The van der Waals surface area contributed by atoms with Crippen LogP contribution in [0.15, 0.2) is 12.1 Å². The molecule has 0 spiro atoms. The topological polar surface area (TPSA) is 60.7 Å². The van der Waals surface area contributed by atoms with Gasteiger partial charge in [0.15, 0.2) is 17.9 Å². The third-order valence-electron chi connectivity index (χ3n) is 1.38. The normalized spacial score (nSPS) is 10.8. The molecule has 0 saturated heterocycles. The van der Waals surface area contributed by atoms with Crippen LogP contribution in [0.25, 0.3) is 0 Å². The molecule has 0 heterocycles. The molecule has 12 heavy (non-hydrogen) atoms. The molecule has 0 aliphatic rings. The minimum atomic E-state index is -2.01. The Morgan fingerprint density at radius 1 is 1.17 bits per heavy atom. The number of hydrogen-bond donors (Lipinski definition) is 3. The Balaban J connectivity index is 3.27. The van der Waals surface area contributed by atoms with E-state index in [0.717, 1.165) is 6.07 Å². The molecule has 3 N–H and O–H groups in total. The van der Waals surface area contributed by atoms with E-state index in [1.807, 2.05) is 0 Å². The van der Waals surface area contributed by atoms with Crippen LogP contribution >= 0.6 is 0 Å². The van der Waals surface area contributed by atoms with E-state index in [4.69, 9.17) is 15.3 Å². The number of aliphatic hydroxyl groups is 2. The van der Waals surface area contributed by atoms with Gasteiger partial charge >= 0.3 is 0 Å². The first-order valence-electron chi connectivity index (χ1n) is 3.07. The quantitative estimate of drug-likeness (QED) is 0.550. The molecule has 0 unspecified atom stereocenters. The molecular formula is C7H6F2O3. The first-order chi connectivity index (χ1) is 5.54. The summed E-state index contributed by atoms with van der Waals surface area (Å²) in [6.45, 7) is 0. The summed E-state index contributed by atoms with van der Waals surface area (Å²) >= 11 is 0. The van der Waals surface area contributed by atoms with E-state index in [1.54, 1.807) is 0 Å². The van der Waals surface area contributed by atoms with Crippen molar-refractivity contribution >= 4 is 0 Å². The van der Waals surface area contributed by atoms with Crippen LogP contribution in [0.2, 0.25) is 0 Å². The van der Waals surface area contributed by atoms with Gasteiger partial charge in [0.25, 0.3) is 0 Å². The second-order valence-electron chi connectivity index (χ2n) is 2.17. The van der Waals surface area contributed by atoms with Crippen molar-refractivity contribution in [3.63, 3.8) is 0 Å². The highest BCUT2D eigenvalue weighted by atomic mass is 19.2. The molecular weight excluding hydrogens is 170 g/mol. The zero-order chi connectivity index (χ0) is 9.30. The minimum Gasteiger partial charge on any atom is -0.504 e. The molecule has 1 aromatic carbocycles. The number of halogens is 2. The largest absolute Gasteiger partial charge is 0.504 e. The maximum atomic E-state index is 12.5. The average molecular weight is 176 g/mol. The predicted molar refractivity (Wildman–Crippen MR) is 35.2 cm³/mol. The number of hydrogen-bond acceptors (Lipinski definition) is 3. The number of phenolic OH excluding ortho intramolecular Hbond substituents is 1. The average Bonchev–Trinajstić information content (AvgIpc) is 2.00. The van der Waals surface area contributed by atoms with Crippen LogP contribution in [0.1, 0.15) is 11.9 Å². The molecule has 0 aliphatic carbocycles. The first kappa shape index (κ1) is 8.89. The summed E-state index contributed by atoms with van der Waals surface area (Å²) in [7, 11) is 0. The second kappa shape index (κ2) is 3.04. The molecule has 0 radical (unpaired) electrons. The Bertz CT molecular complexity index is 299. The standard InChI is InChI=1S/C7H6F2O3/c8-4-2-1-3(7(11)12)6(10)5(4)9/h1-2,7,10-12H. The predicted octanol–water partition coefficient (Wildman–Crippen LogP) is 0.654. The van der Waals surface area contributed by atoms with Gasteiger partial charge in [-0.25, -0.2) is 4.39 Å². The molecule has 3 nitrogen and oxygen atoms in total. The van der Waals surface area contributed by atoms with Gasteiger partial charge in [-0.05, 0) is 12.1 Å². The second-order valence-corrected chi connectivity index (χ2v) is 2.17. The Kier molecular flexibility index (Phi) is 2.25. The Hall–Kier alpha value is -1.20. The van der Waals surface area contributed by atoms with Crippen LogP contribution in [0, 0.1) is 11.6 Å². The van der Waals surface area contributed by atoms with Gasteiger partial charge in [-0.2, -0.15) is 4.39 Å². The van der Waals surface area contributed by atoms with Crippen molar-refractivity contribution in [2.24, 2.45) is 0 Å². The van der Waals surface area contributed by atoms with Crippen LogP contribution < -0.4 is 0 Å².